The lowest BCUT2D eigenvalue weighted by molar-refractivity contribution is 0.952. The van der Waals surface area contributed by atoms with Crippen LogP contribution in [0, 0.1) is 0 Å². The predicted octanol–water partition coefficient (Wildman–Crippen LogP) is 14.9. The van der Waals surface area contributed by atoms with Crippen molar-refractivity contribution in [1.82, 2.24) is 29.9 Å². The van der Waals surface area contributed by atoms with E-state index in [4.69, 9.17) is 29.9 Å². The molecule has 0 saturated heterocycles. The van der Waals surface area contributed by atoms with Crippen LogP contribution in [0.15, 0.2) is 218 Å². The van der Waals surface area contributed by atoms with E-state index in [0.717, 1.165) is 109 Å². The molecule has 0 saturated carbocycles. The van der Waals surface area contributed by atoms with E-state index < -0.39 is 0 Å². The molecule has 2 aromatic heterocycles. The van der Waals surface area contributed by atoms with E-state index in [1.54, 1.807) is 0 Å². The van der Waals surface area contributed by atoms with E-state index >= 15 is 0 Å². The third-order valence-corrected chi connectivity index (χ3v) is 12.1. The summed E-state index contributed by atoms with van der Waals surface area (Å²) in [5.74, 6) is 3.97. The van der Waals surface area contributed by atoms with Gasteiger partial charge in [0, 0.05) is 27.8 Å². The molecule has 0 amide bonds. The molecule has 66 heavy (non-hydrogen) atoms. The maximum absolute atomic E-state index is 5.20. The number of hydrogen-bond acceptors (Lipinski definition) is 6. The third-order valence-electron chi connectivity index (χ3n) is 12.1. The van der Waals surface area contributed by atoms with Gasteiger partial charge in [0.1, 0.15) is 0 Å². The van der Waals surface area contributed by atoms with Gasteiger partial charge in [0.2, 0.25) is 0 Å². The Morgan fingerprint density at radius 1 is 0.303 bits per heavy atom. The molecule has 2 aliphatic rings. The Labute approximate surface area is 385 Å². The molecule has 0 spiro atoms. The fourth-order valence-corrected chi connectivity index (χ4v) is 8.83. The molecule has 0 fully saturated rings. The van der Waals surface area contributed by atoms with Crippen molar-refractivity contribution in [1.29, 1.82) is 0 Å². The molecular formula is C60H44N6. The summed E-state index contributed by atoms with van der Waals surface area (Å²) in [6.45, 7) is 0. The number of benzene rings is 7. The highest BCUT2D eigenvalue weighted by Crippen LogP contribution is 2.40. The number of hydrogen-bond donors (Lipinski definition) is 0. The van der Waals surface area contributed by atoms with Crippen LogP contribution in [0.1, 0.15) is 37.3 Å². The van der Waals surface area contributed by atoms with Gasteiger partial charge in [0.05, 0.1) is 0 Å². The molecule has 7 aromatic carbocycles. The zero-order chi connectivity index (χ0) is 44.1. The summed E-state index contributed by atoms with van der Waals surface area (Å²) in [7, 11) is 0. The van der Waals surface area contributed by atoms with E-state index in [9.17, 15) is 0 Å². The summed E-state index contributed by atoms with van der Waals surface area (Å²) in [6, 6.07) is 63.3. The maximum atomic E-state index is 5.20. The van der Waals surface area contributed by atoms with Crippen LogP contribution >= 0.6 is 0 Å². The van der Waals surface area contributed by atoms with Gasteiger partial charge in [-0.1, -0.05) is 206 Å². The highest BCUT2D eigenvalue weighted by molar-refractivity contribution is 5.93. The van der Waals surface area contributed by atoms with Crippen LogP contribution in [-0.4, -0.2) is 29.9 Å². The van der Waals surface area contributed by atoms with Crippen molar-refractivity contribution < 1.29 is 0 Å². The van der Waals surface area contributed by atoms with E-state index in [1.807, 2.05) is 42.5 Å². The fourth-order valence-electron chi connectivity index (χ4n) is 8.83. The summed E-state index contributed by atoms with van der Waals surface area (Å²) in [6.07, 6.45) is 16.9. The van der Waals surface area contributed by atoms with Crippen molar-refractivity contribution >= 4 is 11.1 Å². The molecular weight excluding hydrogens is 805 g/mol. The van der Waals surface area contributed by atoms with Gasteiger partial charge in [-0.25, -0.2) is 29.9 Å². The molecule has 6 heteroatoms. The zero-order valence-electron chi connectivity index (χ0n) is 36.3. The van der Waals surface area contributed by atoms with Gasteiger partial charge < -0.3 is 0 Å². The number of rotatable bonds is 10. The van der Waals surface area contributed by atoms with Gasteiger partial charge in [0.15, 0.2) is 34.9 Å². The first-order valence-electron chi connectivity index (χ1n) is 22.6. The second-order valence-electron chi connectivity index (χ2n) is 16.4. The first kappa shape index (κ1) is 40.3. The minimum atomic E-state index is 0.606. The van der Waals surface area contributed by atoms with Gasteiger partial charge in [-0.2, -0.15) is 0 Å². The van der Waals surface area contributed by atoms with E-state index in [-0.39, 0.29) is 0 Å². The zero-order valence-corrected chi connectivity index (χ0v) is 36.3. The molecule has 0 bridgehead atoms. The van der Waals surface area contributed by atoms with Crippen molar-refractivity contribution in [2.45, 2.75) is 25.7 Å². The SMILES string of the molecule is C1=CCCC(c2nc(C3=CCCC=C3)nc(-c3cccc(-c4ccccc4-c4ccccc4-c4cccc(-c5nc(-c6ccccc6)nc(-c6ccccc6-c6ccccc6)n5)c4)c3)n2)=C1. The molecule has 6 nitrogen and oxygen atoms in total. The minimum absolute atomic E-state index is 0.606. The average molecular weight is 849 g/mol. The molecule has 11 rings (SSSR count). The van der Waals surface area contributed by atoms with Gasteiger partial charge in [0.25, 0.3) is 0 Å². The van der Waals surface area contributed by atoms with Gasteiger partial charge in [-0.3, -0.25) is 0 Å². The van der Waals surface area contributed by atoms with Crippen molar-refractivity contribution in [3.05, 3.63) is 230 Å². The molecule has 0 N–H and O–H groups in total. The Morgan fingerprint density at radius 2 is 0.758 bits per heavy atom. The van der Waals surface area contributed by atoms with Crippen molar-refractivity contribution in [3.8, 4) is 90.1 Å². The van der Waals surface area contributed by atoms with Gasteiger partial charge in [-0.05, 0) is 87.9 Å². The minimum Gasteiger partial charge on any atom is -0.209 e. The first-order chi connectivity index (χ1) is 32.7. The van der Waals surface area contributed by atoms with E-state index in [0.29, 0.717) is 29.1 Å². The van der Waals surface area contributed by atoms with Gasteiger partial charge in [-0.15, -0.1) is 0 Å². The average Bonchev–Trinajstić information content (AvgIpc) is 3.41. The van der Waals surface area contributed by atoms with Crippen molar-refractivity contribution in [2.24, 2.45) is 0 Å². The lowest BCUT2D eigenvalue weighted by Gasteiger charge is -2.16. The molecule has 0 atom stereocenters. The van der Waals surface area contributed by atoms with Crippen LogP contribution in [0.2, 0.25) is 0 Å². The quantitative estimate of drug-likeness (QED) is 0.136. The Morgan fingerprint density at radius 3 is 1.33 bits per heavy atom. The highest BCUT2D eigenvalue weighted by atomic mass is 15.0. The fraction of sp³-hybridized carbons (Fsp3) is 0.0667. The smallest absolute Gasteiger partial charge is 0.164 e. The van der Waals surface area contributed by atoms with Crippen LogP contribution in [0.25, 0.3) is 101 Å². The molecule has 0 unspecified atom stereocenters. The lowest BCUT2D eigenvalue weighted by Crippen LogP contribution is -2.06. The molecule has 2 heterocycles. The lowest BCUT2D eigenvalue weighted by atomic mass is 9.88. The Bertz CT molecular complexity index is 3370. The summed E-state index contributed by atoms with van der Waals surface area (Å²) in [5, 5.41) is 0. The predicted molar refractivity (Wildman–Crippen MR) is 269 cm³/mol. The second-order valence-corrected chi connectivity index (χ2v) is 16.4. The van der Waals surface area contributed by atoms with Crippen molar-refractivity contribution in [2.75, 3.05) is 0 Å². The van der Waals surface area contributed by atoms with Crippen LogP contribution in [0.5, 0.6) is 0 Å². The van der Waals surface area contributed by atoms with Crippen LogP contribution < -0.4 is 0 Å². The first-order valence-corrected chi connectivity index (χ1v) is 22.6. The third kappa shape index (κ3) is 8.36. The van der Waals surface area contributed by atoms with E-state index in [2.05, 4.69) is 176 Å². The topological polar surface area (TPSA) is 77.3 Å². The maximum Gasteiger partial charge on any atom is 0.164 e. The molecule has 314 valence electrons. The van der Waals surface area contributed by atoms with Crippen LogP contribution in [-0.2, 0) is 0 Å². The van der Waals surface area contributed by atoms with Gasteiger partial charge >= 0.3 is 0 Å². The summed E-state index contributed by atoms with van der Waals surface area (Å²) in [4.78, 5) is 30.6. The Kier molecular flexibility index (Phi) is 11.2. The Balaban J connectivity index is 0.990. The van der Waals surface area contributed by atoms with E-state index in [1.165, 1.54) is 0 Å². The highest BCUT2D eigenvalue weighted by Gasteiger charge is 2.19. The normalized spacial score (nSPS) is 13.3. The molecule has 0 radical (unpaired) electrons. The monoisotopic (exact) mass is 848 g/mol. The number of aromatic nitrogens is 6. The molecule has 2 aliphatic carbocycles. The summed E-state index contributed by atoms with van der Waals surface area (Å²) >= 11 is 0. The largest absolute Gasteiger partial charge is 0.209 e. The second kappa shape index (κ2) is 18.3. The molecule has 0 aliphatic heterocycles. The molecule has 9 aromatic rings. The van der Waals surface area contributed by atoms with Crippen LogP contribution in [0.3, 0.4) is 0 Å². The van der Waals surface area contributed by atoms with Crippen LogP contribution in [0.4, 0.5) is 0 Å². The van der Waals surface area contributed by atoms with Crippen molar-refractivity contribution in [3.63, 3.8) is 0 Å². The standard InChI is InChI=1S/C60H44N6/c1-5-21-41(22-6-1)49-33-15-18-38-54(49)60-65-57(44-27-11-4-12-28-44)64-59(66-60)48-32-20-30-46(40-48)51-35-14-17-37-53(51)52-36-16-13-34-50(52)45-29-19-31-47(39-45)58-62-55(42-23-7-2-8-24-42)61-56(63-58)43-25-9-3-10-26-43/h1-2,4-7,9,11-23,25-40H,3,8,10,24H2. The Hall–Kier alpha value is -8.48. The number of allylic oxidation sites excluding steroid dienone is 8. The number of nitrogens with zero attached hydrogens (tertiary/aromatic N) is 6. The summed E-state index contributed by atoms with van der Waals surface area (Å²) < 4.78 is 0. The summed E-state index contributed by atoms with van der Waals surface area (Å²) in [5.41, 5.74) is 14.6.